The third-order valence-electron chi connectivity index (χ3n) is 5.76. The lowest BCUT2D eigenvalue weighted by molar-refractivity contribution is -0.113. The van der Waals surface area contributed by atoms with E-state index in [0.717, 1.165) is 49.1 Å². The third kappa shape index (κ3) is 4.49. The van der Waals surface area contributed by atoms with E-state index in [1.807, 2.05) is 11.6 Å². The molecule has 32 heavy (non-hydrogen) atoms. The fraction of sp³-hybridized carbons (Fsp3) is 0.455. The number of rotatable bonds is 6. The molecule has 0 aliphatic heterocycles. The minimum absolute atomic E-state index is 0.177. The lowest BCUT2D eigenvalue weighted by Gasteiger charge is -2.07. The summed E-state index contributed by atoms with van der Waals surface area (Å²) in [5.74, 6) is 0.414. The molecule has 7 nitrogen and oxygen atoms in total. The lowest BCUT2D eigenvalue weighted by Crippen LogP contribution is -2.16. The maximum atomic E-state index is 12.7. The Kier molecular flexibility index (Phi) is 7.02. The van der Waals surface area contributed by atoms with Gasteiger partial charge in [0.2, 0.25) is 5.91 Å². The van der Waals surface area contributed by atoms with Gasteiger partial charge in [0.15, 0.2) is 11.0 Å². The Bertz CT molecular complexity index is 1160. The van der Waals surface area contributed by atoms with Crippen molar-refractivity contribution in [2.45, 2.75) is 51.1 Å². The van der Waals surface area contributed by atoms with Crippen LogP contribution in [0.5, 0.6) is 0 Å². The van der Waals surface area contributed by atoms with Crippen LogP contribution in [-0.2, 0) is 29.4 Å². The molecular formula is C22H26N4O3S3. The van der Waals surface area contributed by atoms with Gasteiger partial charge in [-0.05, 0) is 50.7 Å². The van der Waals surface area contributed by atoms with E-state index in [1.54, 1.807) is 11.3 Å². The molecule has 1 aliphatic carbocycles. The fourth-order valence-corrected chi connectivity index (χ4v) is 6.72. The molecule has 1 amide bonds. The Morgan fingerprint density at radius 3 is 2.72 bits per heavy atom. The fourth-order valence-electron chi connectivity index (χ4n) is 3.85. The summed E-state index contributed by atoms with van der Waals surface area (Å²) in [5, 5.41) is 14.9. The van der Waals surface area contributed by atoms with Crippen molar-refractivity contribution in [1.29, 1.82) is 0 Å². The lowest BCUT2D eigenvalue weighted by atomic mass is 10.1. The number of anilines is 1. The number of aryl methyl sites for hydroxylation is 2. The number of ether oxygens (including phenoxy) is 1. The molecule has 10 heteroatoms. The van der Waals surface area contributed by atoms with Crippen molar-refractivity contribution in [2.24, 2.45) is 7.05 Å². The highest BCUT2D eigenvalue weighted by Gasteiger charge is 2.26. The molecule has 4 rings (SSSR count). The Hall–Kier alpha value is -2.17. The van der Waals surface area contributed by atoms with E-state index in [-0.39, 0.29) is 17.6 Å². The van der Waals surface area contributed by atoms with Gasteiger partial charge in [-0.2, -0.15) is 0 Å². The van der Waals surface area contributed by atoms with Crippen LogP contribution < -0.4 is 5.32 Å². The average molecular weight is 491 g/mol. The van der Waals surface area contributed by atoms with Crippen molar-refractivity contribution < 1.29 is 14.3 Å². The van der Waals surface area contributed by atoms with Gasteiger partial charge in [-0.3, -0.25) is 4.79 Å². The van der Waals surface area contributed by atoms with Gasteiger partial charge in [-0.25, -0.2) is 4.79 Å². The molecule has 0 saturated carbocycles. The maximum absolute atomic E-state index is 12.7. The molecule has 3 aromatic rings. The number of thioether (sulfide) groups is 1. The number of carbonyl (C=O) groups is 2. The van der Waals surface area contributed by atoms with Crippen molar-refractivity contribution in [1.82, 2.24) is 14.8 Å². The monoisotopic (exact) mass is 490 g/mol. The summed E-state index contributed by atoms with van der Waals surface area (Å²) in [6.07, 6.45) is 5.11. The highest BCUT2D eigenvalue weighted by molar-refractivity contribution is 7.99. The smallest absolute Gasteiger partial charge is 0.341 e. The summed E-state index contributed by atoms with van der Waals surface area (Å²) in [6.45, 7) is 4.17. The number of nitrogens with one attached hydrogen (secondary N) is 1. The Morgan fingerprint density at radius 2 is 2.00 bits per heavy atom. The molecule has 1 aliphatic rings. The van der Waals surface area contributed by atoms with E-state index >= 15 is 0 Å². The number of carbonyl (C=O) groups excluding carboxylic acids is 2. The normalized spacial score (nSPS) is 13.5. The van der Waals surface area contributed by atoms with E-state index in [9.17, 15) is 9.59 Å². The molecule has 0 saturated heterocycles. The minimum atomic E-state index is -0.383. The quantitative estimate of drug-likeness (QED) is 0.297. The van der Waals surface area contributed by atoms with Crippen molar-refractivity contribution in [3.8, 4) is 11.4 Å². The zero-order chi connectivity index (χ0) is 22.8. The molecule has 0 atom stereocenters. The second-order valence-electron chi connectivity index (χ2n) is 7.79. The summed E-state index contributed by atoms with van der Waals surface area (Å²) in [6, 6.07) is 0. The summed E-state index contributed by atoms with van der Waals surface area (Å²) in [4.78, 5) is 27.6. The highest BCUT2D eigenvalue weighted by Crippen LogP contribution is 2.38. The standard InChI is InChI=1S/C22H26N4O3S3/c1-12-13(2)30-10-15(12)19-24-25-22(26(19)3)31-11-17(27)23-20-18(21(28)29-4)14-8-6-5-7-9-16(14)32-20/h10H,5-9,11H2,1-4H3,(H,23,27). The first-order valence-electron chi connectivity index (χ1n) is 10.5. The number of hydrogen-bond donors (Lipinski definition) is 1. The van der Waals surface area contributed by atoms with E-state index < -0.39 is 0 Å². The van der Waals surface area contributed by atoms with Crippen molar-refractivity contribution in [2.75, 3.05) is 18.2 Å². The van der Waals surface area contributed by atoms with Crippen LogP contribution in [0.4, 0.5) is 5.00 Å². The molecule has 3 heterocycles. The average Bonchev–Trinajstić information content (AvgIpc) is 3.35. The second-order valence-corrected chi connectivity index (χ2v) is 10.9. The summed E-state index contributed by atoms with van der Waals surface area (Å²) >= 11 is 4.53. The van der Waals surface area contributed by atoms with E-state index in [0.29, 0.717) is 15.7 Å². The first-order chi connectivity index (χ1) is 15.4. The number of esters is 1. The Morgan fingerprint density at radius 1 is 1.22 bits per heavy atom. The number of methoxy groups -OCH3 is 1. The predicted molar refractivity (Wildman–Crippen MR) is 130 cm³/mol. The molecule has 0 bridgehead atoms. The van der Waals surface area contributed by atoms with Crippen LogP contribution in [0.3, 0.4) is 0 Å². The molecule has 0 fully saturated rings. The van der Waals surface area contributed by atoms with Crippen LogP contribution >= 0.6 is 34.4 Å². The van der Waals surface area contributed by atoms with Crippen LogP contribution in [-0.4, -0.2) is 39.5 Å². The maximum Gasteiger partial charge on any atom is 0.341 e. The number of nitrogens with zero attached hydrogens (tertiary/aromatic N) is 3. The first-order valence-corrected chi connectivity index (χ1v) is 13.2. The van der Waals surface area contributed by atoms with Crippen LogP contribution in [0.15, 0.2) is 10.5 Å². The summed E-state index contributed by atoms with van der Waals surface area (Å²) in [5.41, 5.74) is 3.84. The van der Waals surface area contributed by atoms with Crippen molar-refractivity contribution in [3.05, 3.63) is 31.8 Å². The molecule has 0 spiro atoms. The van der Waals surface area contributed by atoms with Gasteiger partial charge in [-0.15, -0.1) is 32.9 Å². The summed E-state index contributed by atoms with van der Waals surface area (Å²) < 4.78 is 6.93. The Balaban J connectivity index is 1.47. The van der Waals surface area contributed by atoms with Crippen LogP contribution in [0.2, 0.25) is 0 Å². The first kappa shape index (κ1) is 23.0. The van der Waals surface area contributed by atoms with Gasteiger partial charge in [0.25, 0.3) is 0 Å². The van der Waals surface area contributed by atoms with Crippen LogP contribution in [0, 0.1) is 13.8 Å². The van der Waals surface area contributed by atoms with Gasteiger partial charge in [0.1, 0.15) is 5.00 Å². The van der Waals surface area contributed by atoms with Crippen molar-refractivity contribution in [3.63, 3.8) is 0 Å². The van der Waals surface area contributed by atoms with E-state index in [2.05, 4.69) is 34.7 Å². The van der Waals surface area contributed by atoms with Crippen LogP contribution in [0.1, 0.15) is 50.5 Å². The number of fused-ring (bicyclic) bond motifs is 1. The molecule has 1 N–H and O–H groups in total. The van der Waals surface area contributed by atoms with Crippen molar-refractivity contribution >= 4 is 51.3 Å². The molecule has 3 aromatic heterocycles. The minimum Gasteiger partial charge on any atom is -0.465 e. The zero-order valence-corrected chi connectivity index (χ0v) is 21.1. The van der Waals surface area contributed by atoms with Crippen LogP contribution in [0.25, 0.3) is 11.4 Å². The molecule has 0 aromatic carbocycles. The number of aromatic nitrogens is 3. The van der Waals surface area contributed by atoms with E-state index in [4.69, 9.17) is 4.74 Å². The number of amides is 1. The molecule has 0 unspecified atom stereocenters. The number of hydrogen-bond acceptors (Lipinski definition) is 8. The second kappa shape index (κ2) is 9.76. The summed E-state index contributed by atoms with van der Waals surface area (Å²) in [7, 11) is 3.29. The topological polar surface area (TPSA) is 86.1 Å². The SMILES string of the molecule is COC(=O)c1c(NC(=O)CSc2nnc(-c3csc(C)c3C)n2C)sc2c1CCCCC2. The largest absolute Gasteiger partial charge is 0.465 e. The van der Waals surface area contributed by atoms with Gasteiger partial charge in [-0.1, -0.05) is 18.2 Å². The van der Waals surface area contributed by atoms with Gasteiger partial charge in [0.05, 0.1) is 18.4 Å². The third-order valence-corrected chi connectivity index (χ3v) is 9.00. The van der Waals surface area contributed by atoms with E-state index in [1.165, 1.54) is 45.5 Å². The van der Waals surface area contributed by atoms with Gasteiger partial charge in [0, 0.05) is 27.7 Å². The van der Waals surface area contributed by atoms with Gasteiger partial charge < -0.3 is 14.6 Å². The number of thiophene rings is 2. The molecule has 0 radical (unpaired) electrons. The molecular weight excluding hydrogens is 464 g/mol. The zero-order valence-electron chi connectivity index (χ0n) is 18.6. The Labute approximate surface area is 199 Å². The molecule has 170 valence electrons. The predicted octanol–water partition coefficient (Wildman–Crippen LogP) is 5.01. The van der Waals surface area contributed by atoms with Gasteiger partial charge >= 0.3 is 5.97 Å². The highest BCUT2D eigenvalue weighted by atomic mass is 32.2.